The van der Waals surface area contributed by atoms with Gasteiger partial charge in [-0.2, -0.15) is 5.10 Å². The molecule has 1 aliphatic heterocycles. The second-order valence-electron chi connectivity index (χ2n) is 4.55. The summed E-state index contributed by atoms with van der Waals surface area (Å²) >= 11 is 0. The zero-order valence-corrected chi connectivity index (χ0v) is 10.7. The minimum Gasteiger partial charge on any atom is -0.357 e. The van der Waals surface area contributed by atoms with E-state index in [9.17, 15) is 0 Å². The number of piperazine rings is 1. The van der Waals surface area contributed by atoms with E-state index in [1.54, 1.807) is 0 Å². The van der Waals surface area contributed by atoms with Crippen LogP contribution in [0.5, 0.6) is 0 Å². The quantitative estimate of drug-likeness (QED) is 0.803. The van der Waals surface area contributed by atoms with Gasteiger partial charge in [-0.25, -0.2) is 0 Å². The maximum absolute atomic E-state index is 4.19. The van der Waals surface area contributed by atoms with Crippen LogP contribution in [0.25, 0.3) is 0 Å². The topological polar surface area (TPSA) is 44.3 Å². The van der Waals surface area contributed by atoms with Crippen molar-refractivity contribution >= 4 is 5.82 Å². The summed E-state index contributed by atoms with van der Waals surface area (Å²) in [6, 6.07) is 4.03. The van der Waals surface area contributed by atoms with Gasteiger partial charge >= 0.3 is 0 Å². The fraction of sp³-hybridized carbons (Fsp3) is 0.667. The number of likely N-dealkylation sites (N-methyl/N-ethyl adjacent to an activating group) is 1. The molecular formula is C12H21N5. The zero-order valence-electron chi connectivity index (χ0n) is 10.7. The Bertz CT molecular complexity index is 331. The zero-order chi connectivity index (χ0) is 12.1. The molecule has 0 saturated carbocycles. The van der Waals surface area contributed by atoms with E-state index in [1.165, 1.54) is 0 Å². The maximum Gasteiger partial charge on any atom is 0.151 e. The highest BCUT2D eigenvalue weighted by Crippen LogP contribution is 2.06. The number of nitrogens with zero attached hydrogens (tertiary/aromatic N) is 4. The van der Waals surface area contributed by atoms with Gasteiger partial charge in [0.05, 0.1) is 5.69 Å². The van der Waals surface area contributed by atoms with E-state index in [0.29, 0.717) is 0 Å². The Morgan fingerprint density at radius 2 is 2.06 bits per heavy atom. The van der Waals surface area contributed by atoms with Crippen LogP contribution in [0.1, 0.15) is 5.69 Å². The molecule has 1 N–H and O–H groups in total. The second-order valence-corrected chi connectivity index (χ2v) is 4.55. The molecule has 0 amide bonds. The molecule has 94 valence electrons. The van der Waals surface area contributed by atoms with Crippen LogP contribution in [0.3, 0.4) is 0 Å². The molecule has 2 heterocycles. The van der Waals surface area contributed by atoms with Crippen LogP contribution in [0.2, 0.25) is 0 Å². The van der Waals surface area contributed by atoms with Gasteiger partial charge < -0.3 is 10.2 Å². The van der Waals surface area contributed by atoms with E-state index in [-0.39, 0.29) is 0 Å². The van der Waals surface area contributed by atoms with Gasteiger partial charge in [-0.05, 0) is 19.1 Å². The fourth-order valence-corrected chi connectivity index (χ4v) is 1.94. The Balaban J connectivity index is 1.80. The molecule has 0 unspecified atom stereocenters. The summed E-state index contributed by atoms with van der Waals surface area (Å²) in [5, 5.41) is 11.6. The van der Waals surface area contributed by atoms with Gasteiger partial charge in [0.25, 0.3) is 0 Å². The van der Waals surface area contributed by atoms with E-state index >= 15 is 0 Å². The average molecular weight is 235 g/mol. The van der Waals surface area contributed by atoms with Crippen LogP contribution >= 0.6 is 0 Å². The number of hydrogen-bond donors (Lipinski definition) is 1. The Hall–Kier alpha value is -1.20. The Morgan fingerprint density at radius 3 is 2.71 bits per heavy atom. The lowest BCUT2D eigenvalue weighted by Crippen LogP contribution is -2.46. The molecule has 1 aromatic rings. The van der Waals surface area contributed by atoms with E-state index in [0.717, 1.165) is 50.8 Å². The monoisotopic (exact) mass is 235 g/mol. The summed E-state index contributed by atoms with van der Waals surface area (Å²) in [5.74, 6) is 0.950. The third kappa shape index (κ3) is 3.64. The van der Waals surface area contributed by atoms with Crippen LogP contribution in [0, 0.1) is 6.92 Å². The Kier molecular flexibility index (Phi) is 4.28. The van der Waals surface area contributed by atoms with Crippen molar-refractivity contribution in [2.24, 2.45) is 0 Å². The smallest absolute Gasteiger partial charge is 0.151 e. The lowest BCUT2D eigenvalue weighted by Gasteiger charge is -2.29. The highest BCUT2D eigenvalue weighted by molar-refractivity contribution is 5.35. The molecule has 1 fully saturated rings. The third-order valence-corrected chi connectivity index (χ3v) is 3.14. The first-order chi connectivity index (χ1) is 8.25. The first-order valence-electron chi connectivity index (χ1n) is 6.20. The third-order valence-electron chi connectivity index (χ3n) is 3.14. The van der Waals surface area contributed by atoms with Crippen molar-refractivity contribution in [3.05, 3.63) is 17.8 Å². The first kappa shape index (κ1) is 12.3. The largest absolute Gasteiger partial charge is 0.357 e. The van der Waals surface area contributed by atoms with Crippen molar-refractivity contribution in [2.75, 3.05) is 51.2 Å². The molecule has 1 saturated heterocycles. The van der Waals surface area contributed by atoms with E-state index in [4.69, 9.17) is 0 Å². The lowest BCUT2D eigenvalue weighted by molar-refractivity contribution is 0.246. The molecule has 0 atom stereocenters. The number of anilines is 1. The molecule has 5 heteroatoms. The van der Waals surface area contributed by atoms with Gasteiger partial charge in [-0.15, -0.1) is 5.10 Å². The van der Waals surface area contributed by atoms with Crippen molar-refractivity contribution in [1.29, 1.82) is 0 Å². The van der Waals surface area contributed by atoms with E-state index in [2.05, 4.69) is 32.4 Å². The molecule has 1 aromatic heterocycles. The van der Waals surface area contributed by atoms with Crippen molar-refractivity contribution in [3.8, 4) is 0 Å². The first-order valence-corrected chi connectivity index (χ1v) is 6.20. The summed E-state index contributed by atoms with van der Waals surface area (Å²) in [6.07, 6.45) is 0. The lowest BCUT2D eigenvalue weighted by atomic mass is 10.3. The second kappa shape index (κ2) is 5.93. The van der Waals surface area contributed by atoms with E-state index in [1.807, 2.05) is 19.1 Å². The molecule has 17 heavy (non-hydrogen) atoms. The summed E-state index contributed by atoms with van der Waals surface area (Å²) in [5.41, 5.74) is 0.962. The van der Waals surface area contributed by atoms with Crippen LogP contribution in [-0.2, 0) is 0 Å². The number of nitrogens with one attached hydrogen (secondary N) is 1. The van der Waals surface area contributed by atoms with Crippen LogP contribution < -0.4 is 10.2 Å². The summed E-state index contributed by atoms with van der Waals surface area (Å²) in [7, 11) is 2.07. The number of aromatic nitrogens is 2. The average Bonchev–Trinajstić information content (AvgIpc) is 2.38. The van der Waals surface area contributed by atoms with Gasteiger partial charge in [0.1, 0.15) is 0 Å². The molecule has 2 rings (SSSR count). The van der Waals surface area contributed by atoms with Gasteiger partial charge in [0.2, 0.25) is 0 Å². The highest BCUT2D eigenvalue weighted by Gasteiger charge is 2.10. The van der Waals surface area contributed by atoms with Gasteiger partial charge in [0.15, 0.2) is 5.82 Å². The number of rotatable bonds is 4. The summed E-state index contributed by atoms with van der Waals surface area (Å²) in [4.78, 5) is 4.64. The molecule has 0 radical (unpaired) electrons. The molecule has 0 aliphatic carbocycles. The SMILES string of the molecule is Cc1ccc(N(C)CCN2CCNCC2)nn1. The molecular weight excluding hydrogens is 214 g/mol. The molecule has 0 spiro atoms. The summed E-state index contributed by atoms with van der Waals surface area (Å²) in [6.45, 7) is 8.55. The van der Waals surface area contributed by atoms with E-state index < -0.39 is 0 Å². The Morgan fingerprint density at radius 1 is 1.29 bits per heavy atom. The predicted molar refractivity (Wildman–Crippen MR) is 69.3 cm³/mol. The van der Waals surface area contributed by atoms with Crippen molar-refractivity contribution in [1.82, 2.24) is 20.4 Å². The van der Waals surface area contributed by atoms with Crippen molar-refractivity contribution in [2.45, 2.75) is 6.92 Å². The standard InChI is InChI=1S/C12H21N5/c1-11-3-4-12(15-14-11)16(2)9-10-17-7-5-13-6-8-17/h3-4,13H,5-10H2,1-2H3. The maximum atomic E-state index is 4.19. The van der Waals surface area contributed by atoms with Crippen LogP contribution in [0.4, 0.5) is 5.82 Å². The molecule has 5 nitrogen and oxygen atoms in total. The van der Waals surface area contributed by atoms with Gasteiger partial charge in [-0.1, -0.05) is 0 Å². The Labute approximate surface area is 103 Å². The van der Waals surface area contributed by atoms with Crippen LogP contribution in [-0.4, -0.2) is 61.4 Å². The van der Waals surface area contributed by atoms with Gasteiger partial charge in [-0.3, -0.25) is 4.90 Å². The minimum atomic E-state index is 0.950. The highest BCUT2D eigenvalue weighted by atomic mass is 15.3. The van der Waals surface area contributed by atoms with Crippen molar-refractivity contribution < 1.29 is 0 Å². The normalized spacial score (nSPS) is 17.1. The molecule has 0 aromatic carbocycles. The van der Waals surface area contributed by atoms with Crippen molar-refractivity contribution in [3.63, 3.8) is 0 Å². The number of hydrogen-bond acceptors (Lipinski definition) is 5. The molecule has 0 bridgehead atoms. The van der Waals surface area contributed by atoms with Crippen LogP contribution in [0.15, 0.2) is 12.1 Å². The molecule has 1 aliphatic rings. The fourth-order valence-electron chi connectivity index (χ4n) is 1.94. The van der Waals surface area contributed by atoms with Gasteiger partial charge in [0, 0.05) is 46.3 Å². The summed E-state index contributed by atoms with van der Waals surface area (Å²) < 4.78 is 0. The number of aryl methyl sites for hydroxylation is 1. The predicted octanol–water partition coefficient (Wildman–Crippen LogP) is 0.126. The minimum absolute atomic E-state index is 0.950.